The minimum Gasteiger partial charge on any atom is -0.453 e. The monoisotopic (exact) mass is 736 g/mol. The van der Waals surface area contributed by atoms with Gasteiger partial charge in [-0.3, -0.25) is 9.69 Å². The Labute approximate surface area is 316 Å². The van der Waals surface area contributed by atoms with E-state index in [4.69, 9.17) is 24.2 Å². The zero-order chi connectivity index (χ0) is 37.5. The van der Waals surface area contributed by atoms with Crippen LogP contribution in [0.15, 0.2) is 42.7 Å². The number of ether oxygens (including phenoxy) is 3. The van der Waals surface area contributed by atoms with Gasteiger partial charge in [-0.25, -0.2) is 14.8 Å². The van der Waals surface area contributed by atoms with Crippen LogP contribution in [0.1, 0.15) is 89.1 Å². The van der Waals surface area contributed by atoms with Gasteiger partial charge in [0.2, 0.25) is 5.91 Å². The fraction of sp³-hybridized carbons (Fsp3) is 0.512. The zero-order valence-corrected chi connectivity index (χ0v) is 32.0. The number of benzene rings is 2. The van der Waals surface area contributed by atoms with Gasteiger partial charge in [-0.2, -0.15) is 0 Å². The summed E-state index contributed by atoms with van der Waals surface area (Å²) in [5.41, 5.74) is 7.44. The van der Waals surface area contributed by atoms with Crippen LogP contribution in [0.5, 0.6) is 11.5 Å². The number of imidazole rings is 2. The highest BCUT2D eigenvalue weighted by molar-refractivity contribution is 5.89. The van der Waals surface area contributed by atoms with Gasteiger partial charge in [0.15, 0.2) is 11.5 Å². The second-order valence-electron chi connectivity index (χ2n) is 15.7. The molecular weight excluding hydrogens is 685 g/mol. The number of alkyl carbamates (subject to hydrolysis) is 1. The molecule has 2 aromatic heterocycles. The Morgan fingerprint density at radius 2 is 1.70 bits per heavy atom. The second kappa shape index (κ2) is 15.1. The molecule has 2 fully saturated rings. The Kier molecular flexibility index (Phi) is 10.1. The molecule has 54 heavy (non-hydrogen) atoms. The molecule has 4 aliphatic rings. The van der Waals surface area contributed by atoms with Crippen LogP contribution in [-0.2, 0) is 20.7 Å². The minimum atomic E-state index is -0.681. The number of hydrogen-bond donors (Lipinski definition) is 3. The Morgan fingerprint density at radius 3 is 2.50 bits per heavy atom. The number of rotatable bonds is 12. The van der Waals surface area contributed by atoms with Crippen molar-refractivity contribution >= 4 is 23.4 Å². The fourth-order valence-corrected chi connectivity index (χ4v) is 8.46. The van der Waals surface area contributed by atoms with Crippen LogP contribution in [0.25, 0.3) is 22.5 Å². The molecule has 0 radical (unpaired) electrons. The van der Waals surface area contributed by atoms with E-state index in [9.17, 15) is 9.59 Å². The highest BCUT2D eigenvalue weighted by Crippen LogP contribution is 2.54. The van der Waals surface area contributed by atoms with Crippen molar-refractivity contribution in [3.63, 3.8) is 0 Å². The molecule has 3 N–H and O–H groups in total. The van der Waals surface area contributed by atoms with Gasteiger partial charge in [-0.05, 0) is 80.2 Å². The van der Waals surface area contributed by atoms with Gasteiger partial charge in [-0.15, -0.1) is 0 Å². The van der Waals surface area contributed by atoms with E-state index < -0.39 is 12.1 Å². The maximum atomic E-state index is 13.6. The first-order valence-corrected chi connectivity index (χ1v) is 19.5. The minimum absolute atomic E-state index is 0.0970. The zero-order valence-electron chi connectivity index (χ0n) is 32.0. The van der Waals surface area contributed by atoms with Gasteiger partial charge in [0.05, 0.1) is 61.1 Å². The number of amides is 2. The predicted molar refractivity (Wildman–Crippen MR) is 206 cm³/mol. The highest BCUT2D eigenvalue weighted by atomic mass is 16.5. The number of carbonyl (C=O) groups is 2. The van der Waals surface area contributed by atoms with Gasteiger partial charge in [0.1, 0.15) is 17.7 Å². The number of nitrogens with one attached hydrogen (secondary N) is 3. The van der Waals surface area contributed by atoms with E-state index in [0.717, 1.165) is 110 Å². The molecule has 0 aliphatic carbocycles. The predicted octanol–water partition coefficient (Wildman–Crippen LogP) is 7.47. The molecule has 0 spiro atoms. The Bertz CT molecular complexity index is 2000. The average Bonchev–Trinajstić information content (AvgIpc) is 4.01. The second-order valence-corrected chi connectivity index (χ2v) is 15.7. The number of nitrogens with zero attached hydrogens (tertiary/aromatic N) is 5. The molecule has 3 unspecified atom stereocenters. The lowest BCUT2D eigenvalue weighted by Gasteiger charge is -2.30. The molecule has 8 rings (SSSR count). The van der Waals surface area contributed by atoms with Crippen LogP contribution >= 0.6 is 0 Å². The summed E-state index contributed by atoms with van der Waals surface area (Å²) in [6.07, 6.45) is 9.04. The summed E-state index contributed by atoms with van der Waals surface area (Å²) in [5.74, 6) is 3.80. The van der Waals surface area contributed by atoms with E-state index in [1.807, 2.05) is 31.1 Å². The molecule has 13 heteroatoms. The van der Waals surface area contributed by atoms with Crippen molar-refractivity contribution in [2.75, 3.05) is 45.0 Å². The summed E-state index contributed by atoms with van der Waals surface area (Å²) in [6.45, 7) is 12.2. The summed E-state index contributed by atoms with van der Waals surface area (Å²) >= 11 is 0. The topological polar surface area (TPSA) is 141 Å². The fourth-order valence-electron chi connectivity index (χ4n) is 8.46. The molecule has 4 aliphatic heterocycles. The smallest absolute Gasteiger partial charge is 0.407 e. The van der Waals surface area contributed by atoms with Gasteiger partial charge < -0.3 is 39.3 Å². The molecule has 4 aromatic rings. The molecule has 0 bridgehead atoms. The quantitative estimate of drug-likeness (QED) is 0.126. The van der Waals surface area contributed by atoms with Crippen molar-refractivity contribution in [2.24, 2.45) is 11.8 Å². The molecule has 2 aromatic carbocycles. The number of anilines is 2. The van der Waals surface area contributed by atoms with Crippen LogP contribution in [0, 0.1) is 11.8 Å². The number of fused-ring (bicyclic) bond motifs is 2. The van der Waals surface area contributed by atoms with Gasteiger partial charge in [0, 0.05) is 37.4 Å². The number of H-pyrrole nitrogens is 2. The lowest BCUT2D eigenvalue weighted by molar-refractivity contribution is -0.135. The first kappa shape index (κ1) is 36.1. The maximum Gasteiger partial charge on any atom is 0.407 e. The van der Waals surface area contributed by atoms with Crippen LogP contribution < -0.4 is 15.0 Å². The molecular formula is C41H52N8O5. The van der Waals surface area contributed by atoms with Crippen LogP contribution in [0.4, 0.5) is 16.2 Å². The van der Waals surface area contributed by atoms with Crippen LogP contribution in [-0.4, -0.2) is 87.9 Å². The Morgan fingerprint density at radius 1 is 0.944 bits per heavy atom. The Hall–Kier alpha value is -4.88. The van der Waals surface area contributed by atoms with E-state index in [1.54, 1.807) is 0 Å². The van der Waals surface area contributed by atoms with Crippen molar-refractivity contribution < 1.29 is 23.8 Å². The molecule has 0 saturated carbocycles. The van der Waals surface area contributed by atoms with E-state index in [-0.39, 0.29) is 23.9 Å². The van der Waals surface area contributed by atoms with Crippen LogP contribution in [0.2, 0.25) is 0 Å². The van der Waals surface area contributed by atoms with Gasteiger partial charge in [-0.1, -0.05) is 33.8 Å². The third-order valence-electron chi connectivity index (χ3n) is 11.4. The molecule has 2 amide bonds. The largest absolute Gasteiger partial charge is 0.453 e. The molecule has 6 heterocycles. The van der Waals surface area contributed by atoms with E-state index >= 15 is 0 Å². The summed E-state index contributed by atoms with van der Waals surface area (Å²) in [7, 11) is 1.30. The first-order chi connectivity index (χ1) is 26.2. The molecule has 286 valence electrons. The Balaban J connectivity index is 0.978. The molecule has 2 saturated heterocycles. The van der Waals surface area contributed by atoms with E-state index in [1.165, 1.54) is 18.2 Å². The van der Waals surface area contributed by atoms with Crippen molar-refractivity contribution in [3.8, 4) is 34.0 Å². The number of aromatic nitrogens is 4. The van der Waals surface area contributed by atoms with Crippen molar-refractivity contribution in [1.29, 1.82) is 0 Å². The summed E-state index contributed by atoms with van der Waals surface area (Å²) in [4.78, 5) is 49.0. The summed E-state index contributed by atoms with van der Waals surface area (Å²) < 4.78 is 17.4. The van der Waals surface area contributed by atoms with Crippen molar-refractivity contribution in [2.45, 2.75) is 84.3 Å². The average molecular weight is 737 g/mol. The van der Waals surface area contributed by atoms with Gasteiger partial charge >= 0.3 is 6.09 Å². The van der Waals surface area contributed by atoms with E-state index in [0.29, 0.717) is 19.2 Å². The van der Waals surface area contributed by atoms with Crippen molar-refractivity contribution in [3.05, 3.63) is 59.9 Å². The van der Waals surface area contributed by atoms with Crippen molar-refractivity contribution in [1.82, 2.24) is 35.1 Å². The lowest BCUT2D eigenvalue weighted by Crippen LogP contribution is -2.51. The summed E-state index contributed by atoms with van der Waals surface area (Å²) in [5, 5.41) is 2.72. The van der Waals surface area contributed by atoms with E-state index in [2.05, 4.69) is 69.3 Å². The number of carbonyl (C=O) groups excluding carboxylic acids is 2. The normalized spacial score (nSPS) is 19.7. The lowest BCUT2D eigenvalue weighted by atomic mass is 10.0. The molecule has 3 atom stereocenters. The first-order valence-electron chi connectivity index (χ1n) is 19.5. The standard InChI is InChI=1S/C41H52N8O5/c1-24(2)15-19-53-23-47-16-6-8-32(47)38-43-22-30(45-38)27-11-13-34-37-28(27)14-18-48(37)31-12-10-26(20-35(31)54-34)29-21-42-39(44-29)33-9-7-17-49(33)40(50)36(25(3)4)46-41(51)52-5/h10-13,20-22,24-25,32-33,36H,6-9,14-19,23H2,1-5H3,(H,42,44)(H,43,45)(H,46,51). The SMILES string of the molecule is COC(=O)NC(C(=O)N1CCCC1c1ncc(-c2ccc3c(c2)Oc2ccc(-c4cnc(C5CCCN5COCCC(C)C)[nH]4)c4c2N3CC4)[nH]1)C(C)C. The number of hydrogen-bond acceptors (Lipinski definition) is 9. The number of aromatic amines is 2. The van der Waals surface area contributed by atoms with Crippen LogP contribution in [0.3, 0.4) is 0 Å². The third kappa shape index (κ3) is 6.83. The molecule has 13 nitrogen and oxygen atoms in total. The van der Waals surface area contributed by atoms with Gasteiger partial charge in [0.25, 0.3) is 0 Å². The highest BCUT2D eigenvalue weighted by Gasteiger charge is 2.38. The number of methoxy groups -OCH3 is 1. The maximum absolute atomic E-state index is 13.6. The third-order valence-corrected chi connectivity index (χ3v) is 11.4. The summed E-state index contributed by atoms with van der Waals surface area (Å²) in [6, 6.07) is 9.87. The number of likely N-dealkylation sites (tertiary alicyclic amines) is 2.